The molecule has 0 radical (unpaired) electrons. The Hall–Kier alpha value is -1.52. The number of rotatable bonds is 7. The number of halogens is 1. The van der Waals surface area contributed by atoms with Crippen LogP contribution in [0.25, 0.3) is 10.9 Å². The van der Waals surface area contributed by atoms with Crippen molar-refractivity contribution in [3.63, 3.8) is 0 Å². The predicted octanol–water partition coefficient (Wildman–Crippen LogP) is 3.14. The zero-order chi connectivity index (χ0) is 16.1. The first-order valence-corrected chi connectivity index (χ1v) is 8.14. The molecule has 4 nitrogen and oxygen atoms in total. The van der Waals surface area contributed by atoms with Gasteiger partial charge in [0.25, 0.3) is 0 Å². The summed E-state index contributed by atoms with van der Waals surface area (Å²) in [5.41, 5.74) is 0.986. The Balaban J connectivity index is 1.90. The maximum atomic E-state index is 12.1. The number of benzene rings is 1. The van der Waals surface area contributed by atoms with Gasteiger partial charge < -0.3 is 9.88 Å². The summed E-state index contributed by atoms with van der Waals surface area (Å²) >= 11 is 6.03. The highest BCUT2D eigenvalue weighted by atomic mass is 35.5. The first-order valence-electron chi connectivity index (χ1n) is 7.76. The van der Waals surface area contributed by atoms with Crippen LogP contribution >= 0.6 is 11.6 Å². The molecule has 1 amide bonds. The lowest BCUT2D eigenvalue weighted by Gasteiger charge is -2.24. The molecule has 0 spiro atoms. The number of fused-ring (bicyclic) bond motifs is 1. The Morgan fingerprint density at radius 2 is 2.14 bits per heavy atom. The monoisotopic (exact) mass is 321 g/mol. The number of carbonyl (C=O) groups excluding carboxylic acids is 1. The molecule has 0 unspecified atom stereocenters. The first-order chi connectivity index (χ1) is 10.5. The SMILES string of the molecule is CCN(CCNC(=O)Cn1ccc2ccc(Cl)cc21)C(C)C. The van der Waals surface area contributed by atoms with E-state index >= 15 is 0 Å². The Morgan fingerprint density at radius 3 is 2.82 bits per heavy atom. The van der Waals surface area contributed by atoms with E-state index in [-0.39, 0.29) is 5.91 Å². The van der Waals surface area contributed by atoms with Crippen molar-refractivity contribution < 1.29 is 4.79 Å². The molecule has 5 heteroatoms. The number of nitrogens with zero attached hydrogens (tertiary/aromatic N) is 2. The zero-order valence-corrected chi connectivity index (χ0v) is 14.2. The molecule has 0 atom stereocenters. The minimum atomic E-state index is 0.0253. The highest BCUT2D eigenvalue weighted by Gasteiger charge is 2.09. The van der Waals surface area contributed by atoms with Gasteiger partial charge in [-0.2, -0.15) is 0 Å². The molecule has 2 rings (SSSR count). The van der Waals surface area contributed by atoms with Crippen LogP contribution in [0, 0.1) is 0 Å². The van der Waals surface area contributed by atoms with Crippen molar-refractivity contribution in [1.82, 2.24) is 14.8 Å². The van der Waals surface area contributed by atoms with Gasteiger partial charge >= 0.3 is 0 Å². The normalized spacial score (nSPS) is 11.5. The van der Waals surface area contributed by atoms with E-state index in [2.05, 4.69) is 31.0 Å². The van der Waals surface area contributed by atoms with E-state index in [1.54, 1.807) is 0 Å². The summed E-state index contributed by atoms with van der Waals surface area (Å²) in [5.74, 6) is 0.0253. The molecule has 1 heterocycles. The van der Waals surface area contributed by atoms with Crippen molar-refractivity contribution >= 4 is 28.4 Å². The van der Waals surface area contributed by atoms with Crippen LogP contribution in [0.1, 0.15) is 20.8 Å². The van der Waals surface area contributed by atoms with E-state index in [1.807, 2.05) is 35.0 Å². The van der Waals surface area contributed by atoms with Crippen molar-refractivity contribution in [2.24, 2.45) is 0 Å². The summed E-state index contributed by atoms with van der Waals surface area (Å²) in [6, 6.07) is 8.21. The third kappa shape index (κ3) is 4.24. The number of amides is 1. The van der Waals surface area contributed by atoms with Crippen LogP contribution in [0.3, 0.4) is 0 Å². The van der Waals surface area contributed by atoms with E-state index in [9.17, 15) is 4.79 Å². The zero-order valence-electron chi connectivity index (χ0n) is 13.5. The molecule has 22 heavy (non-hydrogen) atoms. The summed E-state index contributed by atoms with van der Waals surface area (Å²) in [4.78, 5) is 14.4. The quantitative estimate of drug-likeness (QED) is 0.850. The van der Waals surface area contributed by atoms with Crippen LogP contribution in [-0.4, -0.2) is 41.1 Å². The van der Waals surface area contributed by atoms with Crippen LogP contribution in [-0.2, 0) is 11.3 Å². The molecule has 1 aromatic carbocycles. The lowest BCUT2D eigenvalue weighted by atomic mass is 10.2. The highest BCUT2D eigenvalue weighted by Crippen LogP contribution is 2.20. The number of nitrogens with one attached hydrogen (secondary N) is 1. The molecule has 0 aliphatic heterocycles. The van der Waals surface area contributed by atoms with Gasteiger partial charge in [0, 0.05) is 35.9 Å². The second kappa shape index (κ2) is 7.65. The van der Waals surface area contributed by atoms with Crippen molar-refractivity contribution in [3.05, 3.63) is 35.5 Å². The van der Waals surface area contributed by atoms with Crippen LogP contribution in [0.2, 0.25) is 5.02 Å². The fourth-order valence-corrected chi connectivity index (χ4v) is 2.79. The largest absolute Gasteiger partial charge is 0.353 e. The van der Waals surface area contributed by atoms with Gasteiger partial charge in [-0.15, -0.1) is 0 Å². The number of hydrogen-bond acceptors (Lipinski definition) is 2. The summed E-state index contributed by atoms with van der Waals surface area (Å²) in [6.45, 7) is 9.33. The van der Waals surface area contributed by atoms with E-state index in [0.717, 1.165) is 24.0 Å². The highest BCUT2D eigenvalue weighted by molar-refractivity contribution is 6.31. The second-order valence-electron chi connectivity index (χ2n) is 5.72. The van der Waals surface area contributed by atoms with E-state index < -0.39 is 0 Å². The van der Waals surface area contributed by atoms with E-state index in [0.29, 0.717) is 24.2 Å². The topological polar surface area (TPSA) is 37.3 Å². The summed E-state index contributed by atoms with van der Waals surface area (Å²) in [6.07, 6.45) is 1.92. The Kier molecular flexibility index (Phi) is 5.86. The number of carbonyl (C=O) groups is 1. The number of hydrogen-bond donors (Lipinski definition) is 1. The van der Waals surface area contributed by atoms with Gasteiger partial charge in [0.05, 0.1) is 0 Å². The molecule has 120 valence electrons. The third-order valence-corrected chi connectivity index (χ3v) is 4.14. The van der Waals surface area contributed by atoms with E-state index in [4.69, 9.17) is 11.6 Å². The van der Waals surface area contributed by atoms with Gasteiger partial charge in [-0.25, -0.2) is 0 Å². The molecule has 2 aromatic rings. The first kappa shape index (κ1) is 16.8. The maximum Gasteiger partial charge on any atom is 0.239 e. The fourth-order valence-electron chi connectivity index (χ4n) is 2.63. The van der Waals surface area contributed by atoms with Crippen LogP contribution < -0.4 is 5.32 Å². The van der Waals surface area contributed by atoms with Gasteiger partial charge in [0.2, 0.25) is 5.91 Å². The van der Waals surface area contributed by atoms with Crippen LogP contribution in [0.4, 0.5) is 0 Å². The summed E-state index contributed by atoms with van der Waals surface area (Å²) in [5, 5.41) is 4.76. The van der Waals surface area contributed by atoms with Gasteiger partial charge in [-0.1, -0.05) is 24.6 Å². The van der Waals surface area contributed by atoms with Crippen molar-refractivity contribution in [2.75, 3.05) is 19.6 Å². The van der Waals surface area contributed by atoms with Crippen molar-refractivity contribution in [1.29, 1.82) is 0 Å². The molecule has 1 aromatic heterocycles. The van der Waals surface area contributed by atoms with Crippen LogP contribution in [0.15, 0.2) is 30.5 Å². The lowest BCUT2D eigenvalue weighted by molar-refractivity contribution is -0.121. The van der Waals surface area contributed by atoms with Gasteiger partial charge in [-0.3, -0.25) is 9.69 Å². The molecular weight excluding hydrogens is 298 g/mol. The molecule has 0 saturated heterocycles. The molecule has 0 aliphatic carbocycles. The van der Waals surface area contributed by atoms with Gasteiger partial charge in [0.1, 0.15) is 6.54 Å². The van der Waals surface area contributed by atoms with Gasteiger partial charge in [0.15, 0.2) is 0 Å². The van der Waals surface area contributed by atoms with Crippen molar-refractivity contribution in [3.8, 4) is 0 Å². The predicted molar refractivity (Wildman–Crippen MR) is 92.3 cm³/mol. The molecular formula is C17H24ClN3O. The molecule has 0 bridgehead atoms. The lowest BCUT2D eigenvalue weighted by Crippen LogP contribution is -2.39. The van der Waals surface area contributed by atoms with E-state index in [1.165, 1.54) is 0 Å². The van der Waals surface area contributed by atoms with Gasteiger partial charge in [-0.05, 0) is 44.0 Å². The molecule has 0 saturated carbocycles. The Bertz CT molecular complexity index is 636. The maximum absolute atomic E-state index is 12.1. The van der Waals surface area contributed by atoms with Crippen LogP contribution in [0.5, 0.6) is 0 Å². The third-order valence-electron chi connectivity index (χ3n) is 3.91. The minimum Gasteiger partial charge on any atom is -0.353 e. The average molecular weight is 322 g/mol. The Morgan fingerprint density at radius 1 is 1.36 bits per heavy atom. The standard InChI is InChI=1S/C17H24ClN3O/c1-4-20(13(2)3)10-8-19-17(22)12-21-9-7-14-5-6-15(18)11-16(14)21/h5-7,9,11,13H,4,8,10,12H2,1-3H3,(H,19,22). The summed E-state index contributed by atoms with van der Waals surface area (Å²) in [7, 11) is 0. The molecule has 1 N–H and O–H groups in total. The molecule has 0 fully saturated rings. The fraction of sp³-hybridized carbons (Fsp3) is 0.471. The average Bonchev–Trinajstić information content (AvgIpc) is 2.85. The van der Waals surface area contributed by atoms with Crippen molar-refractivity contribution in [2.45, 2.75) is 33.4 Å². The Labute approximate surface area is 137 Å². The smallest absolute Gasteiger partial charge is 0.239 e. The summed E-state index contributed by atoms with van der Waals surface area (Å²) < 4.78 is 1.93. The molecule has 0 aliphatic rings. The number of likely N-dealkylation sites (N-methyl/N-ethyl adjacent to an activating group) is 1. The number of aromatic nitrogens is 1. The second-order valence-corrected chi connectivity index (χ2v) is 6.16. The minimum absolute atomic E-state index is 0.0253.